The molecule has 0 fully saturated rings. The van der Waals surface area contributed by atoms with Gasteiger partial charge in [0.2, 0.25) is 0 Å². The fraction of sp³-hybridized carbons (Fsp3) is 0.312. The lowest BCUT2D eigenvalue weighted by molar-refractivity contribution is -0.113. The lowest BCUT2D eigenvalue weighted by Gasteiger charge is -2.11. The van der Waals surface area contributed by atoms with Crippen LogP contribution in [0.5, 0.6) is 0 Å². The van der Waals surface area contributed by atoms with Crippen LogP contribution in [-0.4, -0.2) is 12.8 Å². The molecule has 1 aromatic rings. The van der Waals surface area contributed by atoms with E-state index in [1.165, 1.54) is 5.56 Å². The zero-order chi connectivity index (χ0) is 13.9. The van der Waals surface area contributed by atoms with E-state index in [1.54, 1.807) is 6.92 Å². The molecule has 1 aromatic carbocycles. The molecule has 0 aliphatic heterocycles. The fourth-order valence-electron chi connectivity index (χ4n) is 1.98. The maximum Gasteiger partial charge on any atom is 0.160 e. The highest BCUT2D eigenvalue weighted by Crippen LogP contribution is 2.24. The Hall–Kier alpha value is -1.83. The first kappa shape index (κ1) is 14.2. The molecule has 18 heavy (non-hydrogen) atoms. The normalized spacial score (nSPS) is 11.3. The van der Waals surface area contributed by atoms with E-state index in [4.69, 9.17) is 0 Å². The van der Waals surface area contributed by atoms with Crippen molar-refractivity contribution >= 4 is 17.5 Å². The van der Waals surface area contributed by atoms with Crippen molar-refractivity contribution in [2.24, 2.45) is 0 Å². The second-order valence-corrected chi connectivity index (χ2v) is 4.67. The van der Waals surface area contributed by atoms with E-state index in [2.05, 4.69) is 24.0 Å². The molecule has 0 heterocycles. The largest absolute Gasteiger partial charge is 0.388 e. The quantitative estimate of drug-likeness (QED) is 0.642. The van der Waals surface area contributed by atoms with Gasteiger partial charge >= 0.3 is 0 Å². The number of Topliss-reactive ketones (excluding diaryl/α,β-unsaturated/α-hetero) is 1. The van der Waals surface area contributed by atoms with Gasteiger partial charge in [-0.2, -0.15) is 0 Å². The Kier molecular flexibility index (Phi) is 4.49. The molecule has 1 N–H and O–H groups in total. The van der Waals surface area contributed by atoms with E-state index in [0.717, 1.165) is 22.4 Å². The summed E-state index contributed by atoms with van der Waals surface area (Å²) >= 11 is 0. The van der Waals surface area contributed by atoms with Crippen molar-refractivity contribution < 1.29 is 4.79 Å². The maximum absolute atomic E-state index is 11.6. The Balaban J connectivity index is 3.41. The first-order valence-corrected chi connectivity index (χ1v) is 6.04. The predicted molar refractivity (Wildman–Crippen MR) is 78.9 cm³/mol. The van der Waals surface area contributed by atoms with E-state index >= 15 is 0 Å². The molecule has 1 rings (SSSR count). The molecule has 0 bridgehead atoms. The van der Waals surface area contributed by atoms with Gasteiger partial charge in [0.1, 0.15) is 0 Å². The van der Waals surface area contributed by atoms with Crippen LogP contribution in [0.4, 0.5) is 5.69 Å². The van der Waals surface area contributed by atoms with Gasteiger partial charge in [-0.25, -0.2) is 0 Å². The Morgan fingerprint density at radius 1 is 1.28 bits per heavy atom. The van der Waals surface area contributed by atoms with E-state index in [0.29, 0.717) is 5.57 Å². The van der Waals surface area contributed by atoms with Crippen LogP contribution in [0.15, 0.2) is 29.9 Å². The van der Waals surface area contributed by atoms with Gasteiger partial charge in [0.25, 0.3) is 0 Å². The van der Waals surface area contributed by atoms with Gasteiger partial charge in [-0.05, 0) is 62.1 Å². The molecule has 0 aliphatic rings. The van der Waals surface area contributed by atoms with E-state index in [9.17, 15) is 4.79 Å². The van der Waals surface area contributed by atoms with Crippen LogP contribution >= 0.6 is 0 Å². The lowest BCUT2D eigenvalue weighted by Crippen LogP contribution is -1.99. The lowest BCUT2D eigenvalue weighted by atomic mass is 9.97. The molecule has 0 unspecified atom stereocenters. The molecule has 96 valence electrons. The summed E-state index contributed by atoms with van der Waals surface area (Å²) in [5.41, 5.74) is 5.95. The number of hydrogen-bond donors (Lipinski definition) is 1. The van der Waals surface area contributed by atoms with Gasteiger partial charge < -0.3 is 5.32 Å². The smallest absolute Gasteiger partial charge is 0.160 e. The van der Waals surface area contributed by atoms with Gasteiger partial charge in [0.05, 0.1) is 0 Å². The summed E-state index contributed by atoms with van der Waals surface area (Å²) in [5, 5.41) is 3.17. The summed E-state index contributed by atoms with van der Waals surface area (Å²) < 4.78 is 0. The molecule has 2 nitrogen and oxygen atoms in total. The van der Waals surface area contributed by atoms with E-state index in [1.807, 2.05) is 33.9 Å². The van der Waals surface area contributed by atoms with Crippen molar-refractivity contribution in [3.8, 4) is 0 Å². The number of anilines is 1. The summed E-state index contributed by atoms with van der Waals surface area (Å²) in [6.45, 7) is 11.4. The zero-order valence-electron chi connectivity index (χ0n) is 11.8. The Labute approximate surface area is 109 Å². The van der Waals surface area contributed by atoms with Crippen LogP contribution in [0.3, 0.4) is 0 Å². The molecule has 0 saturated carbocycles. The highest BCUT2D eigenvalue weighted by atomic mass is 16.1. The molecule has 0 atom stereocenters. The van der Waals surface area contributed by atoms with Crippen molar-refractivity contribution in [2.45, 2.75) is 27.7 Å². The minimum Gasteiger partial charge on any atom is -0.388 e. The highest BCUT2D eigenvalue weighted by Gasteiger charge is 2.08. The minimum atomic E-state index is 0.0504. The van der Waals surface area contributed by atoms with Crippen molar-refractivity contribution in [2.75, 3.05) is 12.4 Å². The van der Waals surface area contributed by atoms with Crippen LogP contribution in [0.1, 0.15) is 30.5 Å². The molecule has 0 aliphatic carbocycles. The average Bonchev–Trinajstić information content (AvgIpc) is 2.28. The fourth-order valence-corrected chi connectivity index (χ4v) is 1.98. The first-order valence-electron chi connectivity index (χ1n) is 6.04. The van der Waals surface area contributed by atoms with Crippen molar-refractivity contribution in [1.29, 1.82) is 0 Å². The number of hydrogen-bond acceptors (Lipinski definition) is 2. The summed E-state index contributed by atoms with van der Waals surface area (Å²) in [6.07, 6.45) is 1.92. The van der Waals surface area contributed by atoms with Crippen LogP contribution in [0.2, 0.25) is 0 Å². The third kappa shape index (κ3) is 3.10. The number of allylic oxidation sites excluding steroid dienone is 2. The second-order valence-electron chi connectivity index (χ2n) is 4.67. The van der Waals surface area contributed by atoms with Crippen molar-refractivity contribution in [1.82, 2.24) is 0 Å². The SMILES string of the molecule is C=C(C)/C(=C\c1cc(C)cc(NC)c1C)C(C)=O. The van der Waals surface area contributed by atoms with Gasteiger partial charge in [-0.3, -0.25) is 4.79 Å². The summed E-state index contributed by atoms with van der Waals surface area (Å²) in [7, 11) is 1.90. The number of rotatable bonds is 4. The number of ketones is 1. The third-order valence-corrected chi connectivity index (χ3v) is 3.00. The van der Waals surface area contributed by atoms with Crippen LogP contribution in [0.25, 0.3) is 6.08 Å². The maximum atomic E-state index is 11.6. The predicted octanol–water partition coefficient (Wildman–Crippen LogP) is 3.89. The van der Waals surface area contributed by atoms with Crippen LogP contribution in [0, 0.1) is 13.8 Å². The molecule has 0 saturated heterocycles. The molecule has 0 amide bonds. The number of aryl methyl sites for hydroxylation is 1. The Morgan fingerprint density at radius 2 is 1.89 bits per heavy atom. The van der Waals surface area contributed by atoms with Crippen LogP contribution < -0.4 is 5.32 Å². The van der Waals surface area contributed by atoms with Crippen molar-refractivity contribution in [3.63, 3.8) is 0 Å². The third-order valence-electron chi connectivity index (χ3n) is 3.00. The number of nitrogens with one attached hydrogen (secondary N) is 1. The minimum absolute atomic E-state index is 0.0504. The molecule has 0 radical (unpaired) electrons. The number of carbonyl (C=O) groups excluding carboxylic acids is 1. The standard InChI is InChI=1S/C16H21NO/c1-10(2)15(13(5)18)9-14-7-11(3)8-16(17-6)12(14)4/h7-9,17H,1H2,2-6H3/b15-9+. The average molecular weight is 243 g/mol. The second kappa shape index (κ2) is 5.67. The monoisotopic (exact) mass is 243 g/mol. The number of carbonyl (C=O) groups is 1. The zero-order valence-corrected chi connectivity index (χ0v) is 11.8. The number of benzene rings is 1. The molecular weight excluding hydrogens is 222 g/mol. The molecular formula is C16H21NO. The summed E-state index contributed by atoms with van der Waals surface area (Å²) in [6, 6.07) is 4.18. The van der Waals surface area contributed by atoms with Crippen LogP contribution in [-0.2, 0) is 4.79 Å². The molecule has 0 aromatic heterocycles. The van der Waals surface area contributed by atoms with Gasteiger partial charge in [0.15, 0.2) is 5.78 Å². The topological polar surface area (TPSA) is 29.1 Å². The van der Waals surface area contributed by atoms with Gasteiger partial charge in [-0.15, -0.1) is 0 Å². The Morgan fingerprint density at radius 3 is 2.33 bits per heavy atom. The Bertz CT molecular complexity index is 508. The molecule has 2 heteroatoms. The summed E-state index contributed by atoms with van der Waals surface area (Å²) in [4.78, 5) is 11.6. The van der Waals surface area contributed by atoms with E-state index < -0.39 is 0 Å². The van der Waals surface area contributed by atoms with Gasteiger partial charge in [0, 0.05) is 18.3 Å². The van der Waals surface area contributed by atoms with E-state index in [-0.39, 0.29) is 5.78 Å². The van der Waals surface area contributed by atoms with Crippen molar-refractivity contribution in [3.05, 3.63) is 46.5 Å². The van der Waals surface area contributed by atoms with Gasteiger partial charge in [-0.1, -0.05) is 12.6 Å². The highest BCUT2D eigenvalue weighted by molar-refractivity contribution is 6.02. The first-order chi connectivity index (χ1) is 8.36. The summed E-state index contributed by atoms with van der Waals surface area (Å²) in [5.74, 6) is 0.0504. The molecule has 0 spiro atoms.